The molecule has 4 nitrogen and oxygen atoms in total. The summed E-state index contributed by atoms with van der Waals surface area (Å²) in [5, 5.41) is 4.13. The molecule has 0 amide bonds. The summed E-state index contributed by atoms with van der Waals surface area (Å²) in [6.45, 7) is 0.445. The van der Waals surface area contributed by atoms with Gasteiger partial charge in [-0.1, -0.05) is 0 Å². The molecule has 0 bridgehead atoms. The van der Waals surface area contributed by atoms with E-state index in [4.69, 9.17) is 4.74 Å². The van der Waals surface area contributed by atoms with E-state index >= 15 is 0 Å². The van der Waals surface area contributed by atoms with Crippen molar-refractivity contribution >= 4 is 21.6 Å². The van der Waals surface area contributed by atoms with E-state index in [-0.39, 0.29) is 18.8 Å². The van der Waals surface area contributed by atoms with Crippen LogP contribution in [0.4, 0.5) is 8.78 Å². The first-order valence-electron chi connectivity index (χ1n) is 6.55. The lowest BCUT2D eigenvalue weighted by Gasteiger charge is -2.28. The zero-order valence-corrected chi connectivity index (χ0v) is 12.3. The van der Waals surface area contributed by atoms with Crippen molar-refractivity contribution in [1.82, 2.24) is 14.6 Å². The molecule has 0 aliphatic heterocycles. The van der Waals surface area contributed by atoms with Gasteiger partial charge in [-0.2, -0.15) is 4.98 Å². The minimum Gasteiger partial charge on any atom is -0.489 e. The fourth-order valence-electron chi connectivity index (χ4n) is 2.44. The predicted molar refractivity (Wildman–Crippen MR) is 73.1 cm³/mol. The number of alkyl halides is 2. The van der Waals surface area contributed by atoms with Crippen molar-refractivity contribution in [2.24, 2.45) is 5.92 Å². The number of ether oxygens (including phenoxy) is 1. The van der Waals surface area contributed by atoms with Crippen molar-refractivity contribution < 1.29 is 13.5 Å². The van der Waals surface area contributed by atoms with E-state index in [9.17, 15) is 8.78 Å². The highest BCUT2D eigenvalue weighted by atomic mass is 79.9. The zero-order valence-electron chi connectivity index (χ0n) is 10.7. The third-order valence-corrected chi connectivity index (χ3v) is 3.95. The van der Waals surface area contributed by atoms with Gasteiger partial charge in [0.25, 0.3) is 0 Å². The van der Waals surface area contributed by atoms with Gasteiger partial charge in [0, 0.05) is 19.0 Å². The van der Waals surface area contributed by atoms with E-state index in [0.717, 1.165) is 0 Å². The third kappa shape index (κ3) is 2.92. The molecule has 0 unspecified atom stereocenters. The van der Waals surface area contributed by atoms with E-state index in [1.54, 1.807) is 10.7 Å². The number of fused-ring (bicyclic) bond motifs is 1. The fourth-order valence-corrected chi connectivity index (χ4v) is 2.78. The second kappa shape index (κ2) is 5.27. The monoisotopic (exact) mass is 345 g/mol. The summed E-state index contributed by atoms with van der Waals surface area (Å²) < 4.78 is 34.0. The van der Waals surface area contributed by atoms with Gasteiger partial charge in [0.1, 0.15) is 0 Å². The van der Waals surface area contributed by atoms with Gasteiger partial charge in [0.05, 0.1) is 6.61 Å². The van der Waals surface area contributed by atoms with Crippen LogP contribution in [0.15, 0.2) is 23.1 Å². The average molecular weight is 346 g/mol. The van der Waals surface area contributed by atoms with Crippen LogP contribution in [-0.4, -0.2) is 27.1 Å². The lowest BCUT2D eigenvalue weighted by molar-refractivity contribution is -0.0498. The lowest BCUT2D eigenvalue weighted by Crippen LogP contribution is -2.27. The first-order valence-corrected chi connectivity index (χ1v) is 7.34. The summed E-state index contributed by atoms with van der Waals surface area (Å²) in [5.41, 5.74) is 0.625. The number of aromatic nitrogens is 3. The highest BCUT2D eigenvalue weighted by Gasteiger charge is 2.35. The highest BCUT2D eigenvalue weighted by molar-refractivity contribution is 9.10. The molecule has 7 heteroatoms. The smallest absolute Gasteiger partial charge is 0.248 e. The SMILES string of the molecule is FC1(F)CCC(COc2cccn3nc(Br)nc23)CC1. The lowest BCUT2D eigenvalue weighted by atomic mass is 9.87. The van der Waals surface area contributed by atoms with Gasteiger partial charge < -0.3 is 4.74 Å². The Morgan fingerprint density at radius 1 is 1.40 bits per heavy atom. The van der Waals surface area contributed by atoms with Gasteiger partial charge >= 0.3 is 0 Å². The number of hydrogen-bond acceptors (Lipinski definition) is 3. The summed E-state index contributed by atoms with van der Waals surface area (Å²) in [7, 11) is 0. The normalized spacial score (nSPS) is 19.4. The summed E-state index contributed by atoms with van der Waals surface area (Å²) >= 11 is 3.22. The van der Waals surface area contributed by atoms with Crippen molar-refractivity contribution in [3.63, 3.8) is 0 Å². The Labute approximate surface area is 123 Å². The molecule has 0 N–H and O–H groups in total. The van der Waals surface area contributed by atoms with Crippen LogP contribution in [0.25, 0.3) is 5.65 Å². The Hall–Kier alpha value is -1.24. The van der Waals surface area contributed by atoms with Crippen LogP contribution < -0.4 is 4.74 Å². The van der Waals surface area contributed by atoms with Gasteiger partial charge in [0.15, 0.2) is 11.4 Å². The first kappa shape index (κ1) is 13.7. The number of rotatable bonds is 3. The number of halogens is 3. The highest BCUT2D eigenvalue weighted by Crippen LogP contribution is 2.36. The van der Waals surface area contributed by atoms with Crippen LogP contribution in [-0.2, 0) is 0 Å². The van der Waals surface area contributed by atoms with Crippen LogP contribution in [0.3, 0.4) is 0 Å². The number of pyridine rings is 1. The molecule has 20 heavy (non-hydrogen) atoms. The van der Waals surface area contributed by atoms with Gasteiger partial charge in [-0.25, -0.2) is 13.3 Å². The molecule has 0 spiro atoms. The Bertz CT molecular complexity index is 607. The van der Waals surface area contributed by atoms with Gasteiger partial charge in [-0.3, -0.25) is 0 Å². The molecule has 2 aromatic heterocycles. The van der Waals surface area contributed by atoms with Gasteiger partial charge in [-0.15, -0.1) is 5.10 Å². The van der Waals surface area contributed by atoms with Crippen LogP contribution >= 0.6 is 15.9 Å². The largest absolute Gasteiger partial charge is 0.489 e. The van der Waals surface area contributed by atoms with Crippen molar-refractivity contribution in [3.05, 3.63) is 23.1 Å². The summed E-state index contributed by atoms with van der Waals surface area (Å²) in [6, 6.07) is 3.63. The van der Waals surface area contributed by atoms with Crippen LogP contribution in [0, 0.1) is 5.92 Å². The van der Waals surface area contributed by atoms with Gasteiger partial charge in [0.2, 0.25) is 10.7 Å². The molecule has 108 valence electrons. The standard InChI is InChI=1S/C13H14BrF2N3O/c14-12-17-11-10(2-1-7-19(11)18-12)20-8-9-3-5-13(15,16)6-4-9/h1-2,7,9H,3-6,8H2. The zero-order chi connectivity index (χ0) is 14.2. The molecule has 0 aromatic carbocycles. The topological polar surface area (TPSA) is 39.4 Å². The molecular weight excluding hydrogens is 332 g/mol. The van der Waals surface area contributed by atoms with E-state index in [1.807, 2.05) is 12.1 Å². The Morgan fingerprint density at radius 2 is 2.15 bits per heavy atom. The van der Waals surface area contributed by atoms with E-state index in [1.165, 1.54) is 0 Å². The minimum atomic E-state index is -2.49. The quantitative estimate of drug-likeness (QED) is 0.851. The summed E-state index contributed by atoms with van der Waals surface area (Å²) in [5.74, 6) is -1.68. The number of nitrogens with zero attached hydrogens (tertiary/aromatic N) is 3. The maximum absolute atomic E-state index is 13.1. The fraction of sp³-hybridized carbons (Fsp3) is 0.538. The molecule has 1 aliphatic rings. The van der Waals surface area contributed by atoms with Crippen molar-refractivity contribution in [3.8, 4) is 5.75 Å². The molecule has 0 radical (unpaired) electrons. The second-order valence-corrected chi connectivity index (χ2v) is 5.84. The molecule has 1 saturated carbocycles. The van der Waals surface area contributed by atoms with Crippen LogP contribution in [0.1, 0.15) is 25.7 Å². The molecule has 2 heterocycles. The van der Waals surface area contributed by atoms with Crippen molar-refractivity contribution in [1.29, 1.82) is 0 Å². The molecular formula is C13H14BrF2N3O. The Morgan fingerprint density at radius 3 is 2.90 bits per heavy atom. The molecule has 1 aliphatic carbocycles. The van der Waals surface area contributed by atoms with Gasteiger partial charge in [-0.05, 0) is 46.8 Å². The summed E-state index contributed by atoms with van der Waals surface area (Å²) in [4.78, 5) is 4.22. The number of hydrogen-bond donors (Lipinski definition) is 0. The average Bonchev–Trinajstić information content (AvgIpc) is 2.78. The van der Waals surface area contributed by atoms with E-state index in [2.05, 4.69) is 26.0 Å². The third-order valence-electron chi connectivity index (χ3n) is 3.61. The maximum Gasteiger partial charge on any atom is 0.248 e. The Kier molecular flexibility index (Phi) is 3.62. The van der Waals surface area contributed by atoms with E-state index in [0.29, 0.717) is 35.6 Å². The predicted octanol–water partition coefficient (Wildman–Crippen LogP) is 3.70. The molecule has 2 aromatic rings. The van der Waals surface area contributed by atoms with Crippen LogP contribution in [0.2, 0.25) is 0 Å². The maximum atomic E-state index is 13.1. The summed E-state index contributed by atoms with van der Waals surface area (Å²) in [6.07, 6.45) is 2.71. The van der Waals surface area contributed by atoms with Crippen molar-refractivity contribution in [2.45, 2.75) is 31.6 Å². The van der Waals surface area contributed by atoms with E-state index < -0.39 is 5.92 Å². The molecule has 0 saturated heterocycles. The second-order valence-electron chi connectivity index (χ2n) is 5.13. The molecule has 1 fully saturated rings. The Balaban J connectivity index is 1.66. The van der Waals surface area contributed by atoms with Crippen molar-refractivity contribution in [2.75, 3.05) is 6.61 Å². The minimum absolute atomic E-state index is 0.0400. The molecule has 3 rings (SSSR count). The van der Waals surface area contributed by atoms with Crippen LogP contribution in [0.5, 0.6) is 5.75 Å². The first-order chi connectivity index (χ1) is 9.53. The molecule has 0 atom stereocenters.